The average Bonchev–Trinajstić information content (AvgIpc) is 2.85. The number of fused-ring (bicyclic) bond motifs is 3. The summed E-state index contributed by atoms with van der Waals surface area (Å²) in [6.45, 7) is 3.71. The maximum atomic E-state index is 4.19. The van der Waals surface area contributed by atoms with Gasteiger partial charge in [-0.25, -0.2) is 0 Å². The number of para-hydroxylation sites is 1. The number of benzene rings is 1. The number of nitrogens with zero attached hydrogens (tertiary/aromatic N) is 3. The molecule has 0 bridgehead atoms. The molecule has 0 saturated carbocycles. The second-order valence-corrected chi connectivity index (χ2v) is 5.27. The Labute approximate surface area is 101 Å². The van der Waals surface area contributed by atoms with Gasteiger partial charge in [0.25, 0.3) is 0 Å². The summed E-state index contributed by atoms with van der Waals surface area (Å²) in [5.41, 5.74) is 1.18. The highest BCUT2D eigenvalue weighted by atomic mass is 32.2. The SMILES string of the molecule is C=CCSc1nnc2sc3ccccc3n12. The van der Waals surface area contributed by atoms with Crippen molar-refractivity contribution in [3.8, 4) is 0 Å². The van der Waals surface area contributed by atoms with Crippen molar-refractivity contribution >= 4 is 38.3 Å². The van der Waals surface area contributed by atoms with Crippen molar-refractivity contribution in [1.82, 2.24) is 14.6 Å². The fourth-order valence-electron chi connectivity index (χ4n) is 1.58. The maximum absolute atomic E-state index is 4.19. The summed E-state index contributed by atoms with van der Waals surface area (Å²) in [6, 6.07) is 8.29. The minimum atomic E-state index is 0.852. The van der Waals surface area contributed by atoms with E-state index in [9.17, 15) is 0 Å². The van der Waals surface area contributed by atoms with Crippen LogP contribution >= 0.6 is 23.1 Å². The van der Waals surface area contributed by atoms with Crippen molar-refractivity contribution in [2.24, 2.45) is 0 Å². The first-order valence-electron chi connectivity index (χ1n) is 4.86. The van der Waals surface area contributed by atoms with E-state index >= 15 is 0 Å². The van der Waals surface area contributed by atoms with Gasteiger partial charge in [0.05, 0.1) is 10.2 Å². The second-order valence-electron chi connectivity index (χ2n) is 3.27. The van der Waals surface area contributed by atoms with Gasteiger partial charge in [0.2, 0.25) is 4.96 Å². The average molecular weight is 247 g/mol. The molecule has 2 heterocycles. The molecule has 3 aromatic rings. The van der Waals surface area contributed by atoms with Crippen LogP contribution in [-0.4, -0.2) is 20.4 Å². The van der Waals surface area contributed by atoms with Gasteiger partial charge in [-0.1, -0.05) is 41.3 Å². The molecule has 0 atom stereocenters. The predicted molar refractivity (Wildman–Crippen MR) is 69.3 cm³/mol. The third-order valence-corrected chi connectivity index (χ3v) is 4.18. The zero-order chi connectivity index (χ0) is 11.0. The van der Waals surface area contributed by atoms with E-state index in [0.29, 0.717) is 0 Å². The number of rotatable bonds is 3. The Morgan fingerprint density at radius 2 is 2.25 bits per heavy atom. The zero-order valence-electron chi connectivity index (χ0n) is 8.46. The molecule has 0 N–H and O–H groups in total. The predicted octanol–water partition coefficient (Wildman–Crippen LogP) is 3.22. The lowest BCUT2D eigenvalue weighted by Crippen LogP contribution is -1.85. The van der Waals surface area contributed by atoms with Gasteiger partial charge in [0.15, 0.2) is 5.16 Å². The molecule has 0 unspecified atom stereocenters. The van der Waals surface area contributed by atoms with Crippen LogP contribution in [-0.2, 0) is 0 Å². The van der Waals surface area contributed by atoms with Crippen molar-refractivity contribution in [3.05, 3.63) is 36.9 Å². The molecule has 0 saturated heterocycles. The quantitative estimate of drug-likeness (QED) is 0.526. The second kappa shape index (κ2) is 3.92. The summed E-state index contributed by atoms with van der Waals surface area (Å²) in [4.78, 5) is 0.952. The van der Waals surface area contributed by atoms with Crippen LogP contribution in [0.15, 0.2) is 42.1 Å². The van der Waals surface area contributed by atoms with E-state index in [4.69, 9.17) is 0 Å². The molecule has 3 nitrogen and oxygen atoms in total. The Balaban J connectivity index is 2.25. The maximum Gasteiger partial charge on any atom is 0.217 e. The summed E-state index contributed by atoms with van der Waals surface area (Å²) >= 11 is 3.32. The number of thiazole rings is 1. The van der Waals surface area contributed by atoms with Crippen molar-refractivity contribution in [3.63, 3.8) is 0 Å². The minimum Gasteiger partial charge on any atom is -0.260 e. The fraction of sp³-hybridized carbons (Fsp3) is 0.0909. The van der Waals surface area contributed by atoms with E-state index in [0.717, 1.165) is 15.9 Å². The van der Waals surface area contributed by atoms with Gasteiger partial charge in [-0.2, -0.15) is 0 Å². The molecule has 0 aliphatic heterocycles. The van der Waals surface area contributed by atoms with Gasteiger partial charge in [-0.3, -0.25) is 4.40 Å². The van der Waals surface area contributed by atoms with Crippen LogP contribution in [0.5, 0.6) is 0 Å². The number of thioether (sulfide) groups is 1. The lowest BCUT2D eigenvalue weighted by atomic mass is 10.3. The normalized spacial score (nSPS) is 11.2. The van der Waals surface area contributed by atoms with E-state index in [2.05, 4.69) is 33.3 Å². The van der Waals surface area contributed by atoms with Crippen LogP contribution < -0.4 is 0 Å². The molecule has 0 aliphatic carbocycles. The summed E-state index contributed by atoms with van der Waals surface area (Å²) in [5, 5.41) is 9.30. The van der Waals surface area contributed by atoms with Gasteiger partial charge in [0.1, 0.15) is 0 Å². The molecule has 80 valence electrons. The van der Waals surface area contributed by atoms with Crippen molar-refractivity contribution in [2.45, 2.75) is 5.16 Å². The molecule has 0 fully saturated rings. The van der Waals surface area contributed by atoms with Crippen LogP contribution in [0.25, 0.3) is 15.2 Å². The van der Waals surface area contributed by atoms with E-state index in [1.807, 2.05) is 18.2 Å². The van der Waals surface area contributed by atoms with E-state index in [1.54, 1.807) is 23.1 Å². The Morgan fingerprint density at radius 1 is 1.38 bits per heavy atom. The monoisotopic (exact) mass is 247 g/mol. The Kier molecular flexibility index (Phi) is 2.41. The number of hydrogen-bond acceptors (Lipinski definition) is 4. The molecule has 5 heteroatoms. The van der Waals surface area contributed by atoms with Crippen LogP contribution in [0.3, 0.4) is 0 Å². The Hall–Kier alpha value is -1.33. The Morgan fingerprint density at radius 3 is 3.12 bits per heavy atom. The van der Waals surface area contributed by atoms with Crippen LogP contribution in [0.4, 0.5) is 0 Å². The first kappa shape index (κ1) is 9.86. The molecule has 0 aliphatic rings. The minimum absolute atomic E-state index is 0.852. The molecule has 0 spiro atoms. The standard InChI is InChI=1S/C11H9N3S2/c1-2-7-15-10-12-13-11-14(10)8-5-3-4-6-9(8)16-11/h2-6H,1,7H2. The van der Waals surface area contributed by atoms with Gasteiger partial charge < -0.3 is 0 Å². The highest BCUT2D eigenvalue weighted by Crippen LogP contribution is 2.29. The summed E-state index contributed by atoms with van der Waals surface area (Å²) < 4.78 is 3.35. The van der Waals surface area contributed by atoms with Gasteiger partial charge in [-0.05, 0) is 12.1 Å². The third kappa shape index (κ3) is 1.44. The molecule has 16 heavy (non-hydrogen) atoms. The topological polar surface area (TPSA) is 30.2 Å². The lowest BCUT2D eigenvalue weighted by Gasteiger charge is -1.95. The highest BCUT2D eigenvalue weighted by Gasteiger charge is 2.11. The van der Waals surface area contributed by atoms with Crippen molar-refractivity contribution in [2.75, 3.05) is 5.75 Å². The summed E-state index contributed by atoms with van der Waals surface area (Å²) in [7, 11) is 0. The van der Waals surface area contributed by atoms with Crippen molar-refractivity contribution in [1.29, 1.82) is 0 Å². The molecular formula is C11H9N3S2. The van der Waals surface area contributed by atoms with Gasteiger partial charge in [-0.15, -0.1) is 16.8 Å². The first-order valence-corrected chi connectivity index (χ1v) is 6.67. The summed E-state index contributed by atoms with van der Waals surface area (Å²) in [6.07, 6.45) is 1.88. The molecule has 3 rings (SSSR count). The third-order valence-electron chi connectivity index (χ3n) is 2.24. The molecule has 2 aromatic heterocycles. The summed E-state index contributed by atoms with van der Waals surface area (Å²) in [5.74, 6) is 0.852. The van der Waals surface area contributed by atoms with Crippen LogP contribution in [0.1, 0.15) is 0 Å². The van der Waals surface area contributed by atoms with E-state index in [1.165, 1.54) is 10.2 Å². The fourth-order valence-corrected chi connectivity index (χ4v) is 3.28. The molecular weight excluding hydrogens is 238 g/mol. The molecule has 1 aromatic carbocycles. The molecule has 0 radical (unpaired) electrons. The Bertz CT molecular complexity index is 653. The number of aromatic nitrogens is 3. The largest absolute Gasteiger partial charge is 0.260 e. The van der Waals surface area contributed by atoms with Crippen LogP contribution in [0.2, 0.25) is 0 Å². The van der Waals surface area contributed by atoms with E-state index < -0.39 is 0 Å². The molecule has 0 amide bonds. The van der Waals surface area contributed by atoms with Gasteiger partial charge >= 0.3 is 0 Å². The van der Waals surface area contributed by atoms with E-state index in [-0.39, 0.29) is 0 Å². The first-order chi connectivity index (χ1) is 7.90. The van der Waals surface area contributed by atoms with Gasteiger partial charge in [0, 0.05) is 5.75 Å². The van der Waals surface area contributed by atoms with Crippen LogP contribution in [0, 0.1) is 0 Å². The zero-order valence-corrected chi connectivity index (χ0v) is 10.1. The van der Waals surface area contributed by atoms with Crippen molar-refractivity contribution < 1.29 is 0 Å². The number of hydrogen-bond donors (Lipinski definition) is 0. The highest BCUT2D eigenvalue weighted by molar-refractivity contribution is 7.99. The smallest absolute Gasteiger partial charge is 0.217 e. The lowest BCUT2D eigenvalue weighted by molar-refractivity contribution is 0.943.